The molecule has 0 saturated carbocycles. The van der Waals surface area contributed by atoms with Gasteiger partial charge in [-0.3, -0.25) is 0 Å². The van der Waals surface area contributed by atoms with Crippen LogP contribution in [-0.2, 0) is 0 Å². The Morgan fingerprint density at radius 2 is 1.58 bits per heavy atom. The molecule has 2 aromatic carbocycles. The Bertz CT molecular complexity index is 614. The zero-order chi connectivity index (χ0) is 13.8. The van der Waals surface area contributed by atoms with E-state index >= 15 is 0 Å². The second-order valence-corrected chi connectivity index (χ2v) is 4.45. The van der Waals surface area contributed by atoms with E-state index in [9.17, 15) is 8.78 Å². The molecule has 2 N–H and O–H groups in total. The Morgan fingerprint density at radius 3 is 2.21 bits per heavy atom. The lowest BCUT2D eigenvalue weighted by molar-refractivity contribution is 0.631. The molecule has 0 amide bonds. The lowest BCUT2D eigenvalue weighted by Gasteiger charge is -2.12. The number of hydrogen-bond acceptors (Lipinski definition) is 1. The first-order valence-electron chi connectivity index (χ1n) is 5.65. The summed E-state index contributed by atoms with van der Waals surface area (Å²) in [6.07, 6.45) is 0. The van der Waals surface area contributed by atoms with Crippen molar-refractivity contribution in [3.63, 3.8) is 0 Å². The van der Waals surface area contributed by atoms with Gasteiger partial charge >= 0.3 is 0 Å². The summed E-state index contributed by atoms with van der Waals surface area (Å²) in [6.45, 7) is 1.79. The van der Waals surface area contributed by atoms with Gasteiger partial charge < -0.3 is 10.6 Å². The smallest absolute Gasteiger partial charge is 0.175 e. The lowest BCUT2D eigenvalue weighted by atomic mass is 10.2. The minimum atomic E-state index is -0.420. The number of aryl methyl sites for hydroxylation is 1. The van der Waals surface area contributed by atoms with Crippen molar-refractivity contribution in [2.45, 2.75) is 6.92 Å². The van der Waals surface area contributed by atoms with Gasteiger partial charge in [-0.05, 0) is 49.0 Å². The first kappa shape index (κ1) is 13.4. The zero-order valence-corrected chi connectivity index (χ0v) is 11.0. The molecule has 0 atom stereocenters. The van der Waals surface area contributed by atoms with Gasteiger partial charge in [0.15, 0.2) is 5.11 Å². The van der Waals surface area contributed by atoms with E-state index in [1.165, 1.54) is 12.1 Å². The third-order valence-corrected chi connectivity index (χ3v) is 2.70. The summed E-state index contributed by atoms with van der Waals surface area (Å²) in [5.41, 5.74) is 1.31. The van der Waals surface area contributed by atoms with E-state index in [1.807, 2.05) is 0 Å². The van der Waals surface area contributed by atoms with Gasteiger partial charge in [0.2, 0.25) is 0 Å². The third-order valence-electron chi connectivity index (χ3n) is 2.49. The van der Waals surface area contributed by atoms with Gasteiger partial charge in [0.25, 0.3) is 0 Å². The van der Waals surface area contributed by atoms with Crippen LogP contribution in [-0.4, -0.2) is 5.11 Å². The molecular formula is C14H12F2N2S. The summed E-state index contributed by atoms with van der Waals surface area (Å²) in [6, 6.07) is 10.9. The van der Waals surface area contributed by atoms with Gasteiger partial charge in [0, 0.05) is 0 Å². The quantitative estimate of drug-likeness (QED) is 0.809. The molecule has 98 valence electrons. The van der Waals surface area contributed by atoms with Gasteiger partial charge in [-0.1, -0.05) is 18.2 Å². The number of anilines is 2. The molecule has 0 radical (unpaired) electrons. The van der Waals surface area contributed by atoms with Crippen LogP contribution in [0.15, 0.2) is 42.5 Å². The Kier molecular flexibility index (Phi) is 4.06. The summed E-state index contributed by atoms with van der Waals surface area (Å²) in [7, 11) is 0. The van der Waals surface area contributed by atoms with Gasteiger partial charge in [-0.15, -0.1) is 0 Å². The summed E-state index contributed by atoms with van der Waals surface area (Å²) in [4.78, 5) is 0. The second-order valence-electron chi connectivity index (χ2n) is 4.04. The molecule has 0 spiro atoms. The second kappa shape index (κ2) is 5.75. The van der Waals surface area contributed by atoms with Crippen molar-refractivity contribution in [2.75, 3.05) is 10.6 Å². The minimum Gasteiger partial charge on any atom is -0.330 e. The molecule has 0 aromatic heterocycles. The molecule has 2 nitrogen and oxygen atoms in total. The van der Waals surface area contributed by atoms with Crippen molar-refractivity contribution in [2.24, 2.45) is 0 Å². The Balaban J connectivity index is 2.08. The Labute approximate surface area is 115 Å². The Hall–Kier alpha value is -2.01. The normalized spacial score (nSPS) is 10.1. The third kappa shape index (κ3) is 3.48. The molecular weight excluding hydrogens is 266 g/mol. The van der Waals surface area contributed by atoms with E-state index in [1.54, 1.807) is 37.3 Å². The molecule has 0 saturated heterocycles. The van der Waals surface area contributed by atoms with Gasteiger partial charge in [0.05, 0.1) is 11.4 Å². The van der Waals surface area contributed by atoms with Crippen LogP contribution in [0.25, 0.3) is 0 Å². The number of rotatable bonds is 2. The molecule has 0 aliphatic rings. The van der Waals surface area contributed by atoms with Crippen molar-refractivity contribution >= 4 is 28.7 Å². The van der Waals surface area contributed by atoms with Crippen LogP contribution in [0.2, 0.25) is 0 Å². The lowest BCUT2D eigenvalue weighted by Crippen LogP contribution is -2.20. The molecule has 0 fully saturated rings. The Morgan fingerprint density at radius 1 is 0.947 bits per heavy atom. The van der Waals surface area contributed by atoms with Gasteiger partial charge in [0.1, 0.15) is 11.6 Å². The molecule has 0 heterocycles. The van der Waals surface area contributed by atoms with Crippen LogP contribution in [0.3, 0.4) is 0 Å². The maximum atomic E-state index is 13.6. The standard InChI is InChI=1S/C14H12F2N2S/c1-9-6-7-13(11(16)8-9)18-14(19)17-12-5-3-2-4-10(12)15/h2-8H,1H3,(H2,17,18,19). The van der Waals surface area contributed by atoms with Crippen molar-refractivity contribution in [1.29, 1.82) is 0 Å². The van der Waals surface area contributed by atoms with Crippen LogP contribution in [0.1, 0.15) is 5.56 Å². The molecule has 19 heavy (non-hydrogen) atoms. The molecule has 0 aliphatic carbocycles. The van der Waals surface area contributed by atoms with Gasteiger partial charge in [-0.25, -0.2) is 8.78 Å². The number of thiocarbonyl (C=S) groups is 1. The van der Waals surface area contributed by atoms with Crippen molar-refractivity contribution in [3.05, 3.63) is 59.7 Å². The fourth-order valence-corrected chi connectivity index (χ4v) is 1.78. The first-order chi connectivity index (χ1) is 9.06. The van der Waals surface area contributed by atoms with Gasteiger partial charge in [-0.2, -0.15) is 0 Å². The molecule has 2 rings (SSSR count). The van der Waals surface area contributed by atoms with Crippen molar-refractivity contribution in [3.8, 4) is 0 Å². The average molecular weight is 278 g/mol. The molecule has 0 bridgehead atoms. The maximum absolute atomic E-state index is 13.6. The SMILES string of the molecule is Cc1ccc(NC(=S)Nc2ccccc2F)c(F)c1. The molecule has 2 aromatic rings. The van der Waals surface area contributed by atoms with E-state index < -0.39 is 11.6 Å². The van der Waals surface area contributed by atoms with E-state index in [-0.39, 0.29) is 16.5 Å². The fourth-order valence-electron chi connectivity index (χ4n) is 1.56. The van der Waals surface area contributed by atoms with Crippen molar-refractivity contribution in [1.82, 2.24) is 0 Å². The molecule has 0 aliphatic heterocycles. The molecule has 0 unspecified atom stereocenters. The van der Waals surface area contributed by atoms with Crippen LogP contribution >= 0.6 is 12.2 Å². The monoisotopic (exact) mass is 278 g/mol. The highest BCUT2D eigenvalue weighted by Crippen LogP contribution is 2.17. The van der Waals surface area contributed by atoms with Crippen LogP contribution in [0.5, 0.6) is 0 Å². The highest BCUT2D eigenvalue weighted by molar-refractivity contribution is 7.80. The average Bonchev–Trinajstić information content (AvgIpc) is 2.36. The predicted molar refractivity (Wildman–Crippen MR) is 77.4 cm³/mol. The number of halogens is 2. The summed E-state index contributed by atoms with van der Waals surface area (Å²) < 4.78 is 27.0. The van der Waals surface area contributed by atoms with E-state index in [4.69, 9.17) is 12.2 Å². The topological polar surface area (TPSA) is 24.1 Å². The van der Waals surface area contributed by atoms with E-state index in [0.29, 0.717) is 0 Å². The summed E-state index contributed by atoms with van der Waals surface area (Å²) in [5.74, 6) is -0.825. The van der Waals surface area contributed by atoms with Crippen molar-refractivity contribution < 1.29 is 8.78 Å². The summed E-state index contributed by atoms with van der Waals surface area (Å²) in [5, 5.41) is 5.50. The maximum Gasteiger partial charge on any atom is 0.175 e. The highest BCUT2D eigenvalue weighted by Gasteiger charge is 2.06. The number of nitrogens with one attached hydrogen (secondary N) is 2. The van der Waals surface area contributed by atoms with Crippen LogP contribution < -0.4 is 10.6 Å². The number of para-hydroxylation sites is 1. The van der Waals surface area contributed by atoms with E-state index in [0.717, 1.165) is 5.56 Å². The minimum absolute atomic E-state index is 0.132. The molecule has 5 heteroatoms. The largest absolute Gasteiger partial charge is 0.330 e. The fraction of sp³-hybridized carbons (Fsp3) is 0.0714. The van der Waals surface area contributed by atoms with E-state index in [2.05, 4.69) is 10.6 Å². The number of hydrogen-bond donors (Lipinski definition) is 2. The number of benzene rings is 2. The first-order valence-corrected chi connectivity index (χ1v) is 6.06. The highest BCUT2D eigenvalue weighted by atomic mass is 32.1. The predicted octanol–water partition coefficient (Wildman–Crippen LogP) is 4.08. The zero-order valence-electron chi connectivity index (χ0n) is 10.2. The van der Waals surface area contributed by atoms with Crippen LogP contribution in [0, 0.1) is 18.6 Å². The summed E-state index contributed by atoms with van der Waals surface area (Å²) >= 11 is 5.01. The van der Waals surface area contributed by atoms with Crippen LogP contribution in [0.4, 0.5) is 20.2 Å².